The lowest BCUT2D eigenvalue weighted by atomic mass is 9.95. The van der Waals surface area contributed by atoms with Crippen molar-refractivity contribution in [2.24, 2.45) is 0 Å². The number of hydrogen-bond donors (Lipinski definition) is 1. The van der Waals surface area contributed by atoms with Gasteiger partial charge in [0.05, 0.1) is 17.7 Å². The Kier molecular flexibility index (Phi) is 11.3. The minimum Gasteiger partial charge on any atom is -0.497 e. The minimum atomic E-state index is -4.17. The zero-order valence-electron chi connectivity index (χ0n) is 24.3. The number of nitrogens with one attached hydrogen (secondary N) is 1. The molecule has 0 aromatic heterocycles. The Morgan fingerprint density at radius 1 is 0.930 bits per heavy atom. The highest BCUT2D eigenvalue weighted by atomic mass is 35.5. The van der Waals surface area contributed by atoms with Gasteiger partial charge in [0, 0.05) is 28.2 Å². The number of sulfonamides is 1. The van der Waals surface area contributed by atoms with Gasteiger partial charge in [-0.25, -0.2) is 8.42 Å². The second-order valence-corrected chi connectivity index (χ2v) is 13.2. The maximum absolute atomic E-state index is 14.3. The molecule has 0 aliphatic heterocycles. The van der Waals surface area contributed by atoms with Gasteiger partial charge in [0.15, 0.2) is 0 Å². The summed E-state index contributed by atoms with van der Waals surface area (Å²) < 4.78 is 34.2. The lowest BCUT2D eigenvalue weighted by Crippen LogP contribution is -2.54. The molecule has 1 saturated carbocycles. The molecule has 1 aliphatic rings. The first-order valence-electron chi connectivity index (χ1n) is 14.4. The fourth-order valence-corrected chi connectivity index (χ4v) is 7.27. The van der Waals surface area contributed by atoms with E-state index in [1.54, 1.807) is 60.7 Å². The molecule has 0 spiro atoms. The van der Waals surface area contributed by atoms with Gasteiger partial charge in [0.2, 0.25) is 11.8 Å². The monoisotopic (exact) mass is 645 g/mol. The molecule has 0 saturated heterocycles. The number of amides is 2. The topological polar surface area (TPSA) is 96.0 Å². The molecule has 1 aliphatic carbocycles. The molecule has 11 heteroatoms. The molecule has 0 unspecified atom stereocenters. The van der Waals surface area contributed by atoms with Gasteiger partial charge in [-0.1, -0.05) is 73.7 Å². The van der Waals surface area contributed by atoms with Crippen molar-refractivity contribution in [2.45, 2.75) is 69.0 Å². The summed E-state index contributed by atoms with van der Waals surface area (Å²) in [6.45, 7) is 1.19. The lowest BCUT2D eigenvalue weighted by Gasteiger charge is -2.34. The Morgan fingerprint density at radius 3 is 2.14 bits per heavy atom. The Hall–Kier alpha value is -3.27. The van der Waals surface area contributed by atoms with Crippen LogP contribution in [0, 0.1) is 0 Å². The molecule has 0 heterocycles. The molecule has 8 nitrogen and oxygen atoms in total. The number of hydrogen-bond acceptors (Lipinski definition) is 5. The fourth-order valence-electron chi connectivity index (χ4n) is 5.31. The molecule has 2 amide bonds. The van der Waals surface area contributed by atoms with Crippen molar-refractivity contribution in [3.05, 3.63) is 88.4 Å². The van der Waals surface area contributed by atoms with Crippen LogP contribution < -0.4 is 14.4 Å². The molecule has 43 heavy (non-hydrogen) atoms. The van der Waals surface area contributed by atoms with Crippen molar-refractivity contribution in [1.29, 1.82) is 0 Å². The minimum absolute atomic E-state index is 0.0291. The van der Waals surface area contributed by atoms with E-state index in [0.717, 1.165) is 36.4 Å². The van der Waals surface area contributed by atoms with E-state index in [9.17, 15) is 18.0 Å². The van der Waals surface area contributed by atoms with Crippen molar-refractivity contribution < 1.29 is 22.7 Å². The number of rotatable bonds is 12. The summed E-state index contributed by atoms with van der Waals surface area (Å²) in [5, 5.41) is 3.82. The van der Waals surface area contributed by atoms with Crippen molar-refractivity contribution in [2.75, 3.05) is 18.0 Å². The molecular weight excluding hydrogens is 609 g/mol. The zero-order chi connectivity index (χ0) is 31.0. The number of carbonyl (C=O) groups is 2. The first-order valence-corrected chi connectivity index (χ1v) is 16.6. The summed E-state index contributed by atoms with van der Waals surface area (Å²) in [6.07, 6.45) is 5.28. The highest BCUT2D eigenvalue weighted by Crippen LogP contribution is 2.29. The van der Waals surface area contributed by atoms with Crippen molar-refractivity contribution in [1.82, 2.24) is 10.2 Å². The Morgan fingerprint density at radius 2 is 1.56 bits per heavy atom. The van der Waals surface area contributed by atoms with Crippen LogP contribution in [0.1, 0.15) is 51.0 Å². The molecule has 4 rings (SSSR count). The van der Waals surface area contributed by atoms with Crippen molar-refractivity contribution in [3.8, 4) is 5.75 Å². The van der Waals surface area contributed by atoms with Crippen molar-refractivity contribution >= 4 is 50.7 Å². The summed E-state index contributed by atoms with van der Waals surface area (Å²) in [5.41, 5.74) is 0.749. The van der Waals surface area contributed by atoms with E-state index in [4.69, 9.17) is 27.9 Å². The largest absolute Gasteiger partial charge is 0.497 e. The maximum Gasteiger partial charge on any atom is 0.264 e. The number of carbonyl (C=O) groups excluding carboxylic acids is 2. The summed E-state index contributed by atoms with van der Waals surface area (Å²) in [7, 11) is -2.66. The van der Waals surface area contributed by atoms with Crippen LogP contribution in [0.25, 0.3) is 0 Å². The number of halogens is 2. The SMILES string of the molecule is CC[C@@H](C(=O)NC1CCCCC1)N(Cc1c(Cl)cccc1Cl)C(=O)CN(c1ccc(OC)cc1)S(=O)(=O)c1ccccc1. The molecule has 230 valence electrons. The van der Waals surface area contributed by atoms with E-state index >= 15 is 0 Å². The molecule has 1 atom stereocenters. The third-order valence-corrected chi connectivity index (χ3v) is 10.2. The first kappa shape index (κ1) is 32.6. The Bertz CT molecular complexity index is 1480. The number of benzene rings is 3. The number of anilines is 1. The average Bonchev–Trinajstić information content (AvgIpc) is 3.02. The van der Waals surface area contributed by atoms with Crippen molar-refractivity contribution in [3.63, 3.8) is 0 Å². The van der Waals surface area contributed by atoms with Crippen LogP contribution in [0.4, 0.5) is 5.69 Å². The van der Waals surface area contributed by atoms with Gasteiger partial charge in [-0.3, -0.25) is 13.9 Å². The van der Waals surface area contributed by atoms with Crippen LogP contribution >= 0.6 is 23.2 Å². The summed E-state index contributed by atoms with van der Waals surface area (Å²) in [5.74, 6) is -0.322. The van der Waals surface area contributed by atoms with E-state index in [1.165, 1.54) is 24.1 Å². The van der Waals surface area contributed by atoms with Gasteiger partial charge in [-0.05, 0) is 67.8 Å². The van der Waals surface area contributed by atoms with E-state index in [0.29, 0.717) is 27.8 Å². The molecule has 3 aromatic carbocycles. The lowest BCUT2D eigenvalue weighted by molar-refractivity contribution is -0.140. The van der Waals surface area contributed by atoms with Crippen LogP contribution in [0.3, 0.4) is 0 Å². The predicted octanol–water partition coefficient (Wildman–Crippen LogP) is 6.45. The molecule has 1 N–H and O–H groups in total. The molecule has 0 radical (unpaired) electrons. The van der Waals surface area contributed by atoms with Gasteiger partial charge >= 0.3 is 0 Å². The van der Waals surface area contributed by atoms with Crippen LogP contribution in [0.2, 0.25) is 10.0 Å². The van der Waals surface area contributed by atoms with Crippen LogP contribution in [-0.2, 0) is 26.2 Å². The van der Waals surface area contributed by atoms with Crippen LogP contribution in [-0.4, -0.2) is 50.9 Å². The number of nitrogens with zero attached hydrogens (tertiary/aromatic N) is 2. The first-order chi connectivity index (χ1) is 20.6. The van der Waals surface area contributed by atoms with E-state index in [2.05, 4.69) is 5.32 Å². The average molecular weight is 647 g/mol. The van der Waals surface area contributed by atoms with Crippen LogP contribution in [0.5, 0.6) is 5.75 Å². The van der Waals surface area contributed by atoms with E-state index in [-0.39, 0.29) is 29.1 Å². The fraction of sp³-hybridized carbons (Fsp3) is 0.375. The second-order valence-electron chi connectivity index (χ2n) is 10.5. The number of methoxy groups -OCH3 is 1. The highest BCUT2D eigenvalue weighted by molar-refractivity contribution is 7.92. The van der Waals surface area contributed by atoms with Gasteiger partial charge in [0.1, 0.15) is 18.3 Å². The third-order valence-electron chi connectivity index (χ3n) is 7.70. The summed E-state index contributed by atoms with van der Waals surface area (Å²) in [4.78, 5) is 29.4. The molecule has 0 bridgehead atoms. The normalized spacial score (nSPS) is 14.5. The standard InChI is InChI=1S/C32H37Cl2N3O5S/c1-3-30(32(39)35-23-11-6-4-7-12-23)36(21-27-28(33)15-10-16-29(27)34)31(38)22-37(24-17-19-25(42-2)20-18-24)43(40,41)26-13-8-5-9-14-26/h5,8-10,13-20,23,30H,3-4,6-7,11-12,21-22H2,1-2H3,(H,35,39)/t30-/m0/s1. The quantitative estimate of drug-likeness (QED) is 0.244. The third kappa shape index (κ3) is 8.02. The maximum atomic E-state index is 14.3. The van der Waals surface area contributed by atoms with Gasteiger partial charge in [-0.2, -0.15) is 0 Å². The Balaban J connectivity index is 1.73. The second kappa shape index (κ2) is 14.9. The highest BCUT2D eigenvalue weighted by Gasteiger charge is 2.35. The predicted molar refractivity (Wildman–Crippen MR) is 170 cm³/mol. The zero-order valence-corrected chi connectivity index (χ0v) is 26.7. The Labute approximate surface area is 264 Å². The van der Waals surface area contributed by atoms with Gasteiger partial charge < -0.3 is 15.0 Å². The van der Waals surface area contributed by atoms with E-state index < -0.39 is 28.5 Å². The summed E-state index contributed by atoms with van der Waals surface area (Å²) >= 11 is 13.0. The van der Waals surface area contributed by atoms with Crippen LogP contribution in [0.15, 0.2) is 77.7 Å². The molecule has 3 aromatic rings. The summed E-state index contributed by atoms with van der Waals surface area (Å²) in [6, 6.07) is 18.5. The smallest absolute Gasteiger partial charge is 0.264 e. The van der Waals surface area contributed by atoms with E-state index in [1.807, 2.05) is 6.92 Å². The van der Waals surface area contributed by atoms with Gasteiger partial charge in [-0.15, -0.1) is 0 Å². The molecular formula is C32H37Cl2N3O5S. The molecule has 1 fully saturated rings. The van der Waals surface area contributed by atoms with Gasteiger partial charge in [0.25, 0.3) is 10.0 Å². The number of ether oxygens (including phenoxy) is 1.